The Morgan fingerprint density at radius 3 is 3.07 bits per heavy atom. The first-order valence-electron chi connectivity index (χ1n) is 4.47. The second kappa shape index (κ2) is 5.87. The Kier molecular flexibility index (Phi) is 4.77. The lowest BCUT2D eigenvalue weighted by Crippen LogP contribution is -2.29. The summed E-state index contributed by atoms with van der Waals surface area (Å²) in [7, 11) is 1.36. The van der Waals surface area contributed by atoms with Crippen molar-refractivity contribution in [3.05, 3.63) is 17.8 Å². The lowest BCUT2D eigenvalue weighted by atomic mass is 10.4. The van der Waals surface area contributed by atoms with Crippen molar-refractivity contribution in [2.75, 3.05) is 13.7 Å². The summed E-state index contributed by atoms with van der Waals surface area (Å²) in [5.74, 6) is 1.08. The molecule has 0 amide bonds. The minimum Gasteiger partial charge on any atom is -0.468 e. The van der Waals surface area contributed by atoms with E-state index >= 15 is 0 Å². The molecule has 6 heteroatoms. The molecule has 15 heavy (non-hydrogen) atoms. The third-order valence-corrected chi connectivity index (χ3v) is 2.42. The minimum atomic E-state index is -0.349. The number of carbonyl (C=O) groups excluding carboxylic acids is 1. The number of aryl methyl sites for hydroxylation is 1. The molecule has 0 fully saturated rings. The van der Waals surface area contributed by atoms with Crippen LogP contribution in [0.4, 0.5) is 0 Å². The smallest absolute Gasteiger partial charge is 0.320 e. The maximum Gasteiger partial charge on any atom is 0.320 e. The second-order valence-electron chi connectivity index (χ2n) is 2.99. The highest BCUT2D eigenvalue weighted by Crippen LogP contribution is 2.03. The quantitative estimate of drug-likeness (QED) is 0.642. The summed E-state index contributed by atoms with van der Waals surface area (Å²) in [6.45, 7) is 2.79. The summed E-state index contributed by atoms with van der Waals surface area (Å²) in [5.41, 5.74) is 0. The minimum absolute atomic E-state index is 0.300. The van der Waals surface area contributed by atoms with Crippen LogP contribution in [0.2, 0.25) is 0 Å². The first-order chi connectivity index (χ1) is 7.13. The molecular formula is C9H13BrN2O3. The van der Waals surface area contributed by atoms with Crippen molar-refractivity contribution in [3.63, 3.8) is 0 Å². The fourth-order valence-electron chi connectivity index (χ4n) is 1.00. The Hall–Kier alpha value is -0.880. The van der Waals surface area contributed by atoms with Gasteiger partial charge in [-0.05, 0) is 6.92 Å². The van der Waals surface area contributed by atoms with Gasteiger partial charge in [-0.3, -0.25) is 4.79 Å². The van der Waals surface area contributed by atoms with Gasteiger partial charge in [-0.15, -0.1) is 0 Å². The van der Waals surface area contributed by atoms with Crippen molar-refractivity contribution in [2.24, 2.45) is 0 Å². The fourth-order valence-corrected chi connectivity index (χ4v) is 1.42. The van der Waals surface area contributed by atoms with Crippen molar-refractivity contribution in [2.45, 2.75) is 18.3 Å². The molecule has 0 spiro atoms. The molecule has 1 heterocycles. The number of methoxy groups -OCH3 is 1. The second-order valence-corrected chi connectivity index (χ2v) is 4.09. The molecule has 1 aromatic heterocycles. The molecular weight excluding hydrogens is 264 g/mol. The Labute approximate surface area is 96.3 Å². The van der Waals surface area contributed by atoms with E-state index in [1.54, 1.807) is 6.20 Å². The summed E-state index contributed by atoms with van der Waals surface area (Å²) in [6.07, 6.45) is 1.66. The first-order valence-corrected chi connectivity index (χ1v) is 5.39. The third kappa shape index (κ3) is 4.01. The molecule has 84 valence electrons. The van der Waals surface area contributed by atoms with Crippen LogP contribution in [0.5, 0.6) is 0 Å². The Balaban J connectivity index is 2.24. The zero-order valence-electron chi connectivity index (χ0n) is 8.62. The Bertz CT molecular complexity index is 327. The summed E-state index contributed by atoms with van der Waals surface area (Å²) in [4.78, 5) is 14.7. The normalized spacial score (nSPS) is 12.5. The van der Waals surface area contributed by atoms with E-state index in [2.05, 4.69) is 31.0 Å². The van der Waals surface area contributed by atoms with Crippen LogP contribution in [0.3, 0.4) is 0 Å². The fraction of sp³-hybridized carbons (Fsp3) is 0.556. The predicted octanol–water partition coefficient (Wildman–Crippen LogP) is 1.01. The van der Waals surface area contributed by atoms with Gasteiger partial charge in [0, 0.05) is 6.54 Å². The zero-order valence-corrected chi connectivity index (χ0v) is 10.2. The molecule has 0 bridgehead atoms. The molecule has 0 saturated heterocycles. The van der Waals surface area contributed by atoms with Crippen LogP contribution >= 0.6 is 15.9 Å². The van der Waals surface area contributed by atoms with Crippen LogP contribution in [0.25, 0.3) is 0 Å². The molecule has 1 aromatic rings. The van der Waals surface area contributed by atoms with Crippen LogP contribution < -0.4 is 5.32 Å². The van der Waals surface area contributed by atoms with Gasteiger partial charge >= 0.3 is 5.97 Å². The number of alkyl halides is 1. The van der Waals surface area contributed by atoms with Crippen molar-refractivity contribution in [1.82, 2.24) is 10.3 Å². The van der Waals surface area contributed by atoms with Crippen LogP contribution in [0, 0.1) is 6.92 Å². The molecule has 0 aromatic carbocycles. The number of nitrogens with zero attached hydrogens (tertiary/aromatic N) is 1. The highest BCUT2D eigenvalue weighted by Gasteiger charge is 2.14. The van der Waals surface area contributed by atoms with E-state index in [9.17, 15) is 4.79 Å². The van der Waals surface area contributed by atoms with Gasteiger partial charge in [0.1, 0.15) is 10.6 Å². The first kappa shape index (κ1) is 12.2. The lowest BCUT2D eigenvalue weighted by Gasteiger charge is -2.07. The molecule has 1 atom stereocenters. The average molecular weight is 277 g/mol. The molecule has 0 aliphatic heterocycles. The van der Waals surface area contributed by atoms with E-state index < -0.39 is 0 Å². The largest absolute Gasteiger partial charge is 0.468 e. The summed E-state index contributed by atoms with van der Waals surface area (Å²) in [5, 5.41) is 3.03. The maximum absolute atomic E-state index is 11.0. The van der Waals surface area contributed by atoms with Crippen LogP contribution in [0.1, 0.15) is 11.7 Å². The average Bonchev–Trinajstić information content (AvgIpc) is 2.63. The third-order valence-electron chi connectivity index (χ3n) is 1.73. The topological polar surface area (TPSA) is 64.4 Å². The van der Waals surface area contributed by atoms with Crippen molar-refractivity contribution < 1.29 is 13.9 Å². The highest BCUT2D eigenvalue weighted by atomic mass is 79.9. The zero-order chi connectivity index (χ0) is 11.3. The summed E-state index contributed by atoms with van der Waals surface area (Å²) >= 11 is 3.19. The monoisotopic (exact) mass is 276 g/mol. The number of aromatic nitrogens is 1. The van der Waals surface area contributed by atoms with Crippen molar-refractivity contribution in [1.29, 1.82) is 0 Å². The van der Waals surface area contributed by atoms with Gasteiger partial charge in [0.05, 0.1) is 19.9 Å². The Morgan fingerprint density at radius 1 is 1.80 bits per heavy atom. The predicted molar refractivity (Wildman–Crippen MR) is 57.7 cm³/mol. The molecule has 0 aliphatic carbocycles. The highest BCUT2D eigenvalue weighted by molar-refractivity contribution is 9.10. The standard InChI is InChI=1S/C9H13BrN2O3/c1-6-3-12-8(15-6)5-11-4-7(10)9(13)14-2/h3,7,11H,4-5H2,1-2H3. The number of ether oxygens (including phenoxy) is 1. The summed E-state index contributed by atoms with van der Waals surface area (Å²) in [6, 6.07) is 0. The SMILES string of the molecule is COC(=O)C(Br)CNCc1ncc(C)o1. The number of esters is 1. The van der Waals surface area contributed by atoms with Gasteiger partial charge < -0.3 is 14.5 Å². The van der Waals surface area contributed by atoms with E-state index in [-0.39, 0.29) is 10.8 Å². The van der Waals surface area contributed by atoms with E-state index in [0.29, 0.717) is 19.0 Å². The Morgan fingerprint density at radius 2 is 2.53 bits per heavy atom. The number of hydrogen-bond donors (Lipinski definition) is 1. The van der Waals surface area contributed by atoms with Gasteiger partial charge in [-0.25, -0.2) is 4.98 Å². The van der Waals surface area contributed by atoms with Gasteiger partial charge in [0.15, 0.2) is 0 Å². The molecule has 1 N–H and O–H groups in total. The van der Waals surface area contributed by atoms with Gasteiger partial charge in [0.2, 0.25) is 5.89 Å². The van der Waals surface area contributed by atoms with Crippen molar-refractivity contribution >= 4 is 21.9 Å². The van der Waals surface area contributed by atoms with E-state index in [0.717, 1.165) is 5.76 Å². The van der Waals surface area contributed by atoms with Crippen LogP contribution in [0.15, 0.2) is 10.6 Å². The molecule has 0 saturated carbocycles. The number of nitrogens with one attached hydrogen (secondary N) is 1. The number of hydrogen-bond acceptors (Lipinski definition) is 5. The molecule has 0 radical (unpaired) electrons. The lowest BCUT2D eigenvalue weighted by molar-refractivity contribution is -0.139. The van der Waals surface area contributed by atoms with Crippen LogP contribution in [-0.4, -0.2) is 29.4 Å². The number of halogens is 1. The molecule has 5 nitrogen and oxygen atoms in total. The summed E-state index contributed by atoms with van der Waals surface area (Å²) < 4.78 is 9.80. The van der Waals surface area contributed by atoms with Crippen LogP contribution in [-0.2, 0) is 16.1 Å². The maximum atomic E-state index is 11.0. The van der Waals surface area contributed by atoms with Gasteiger partial charge in [-0.2, -0.15) is 0 Å². The van der Waals surface area contributed by atoms with Gasteiger partial charge in [-0.1, -0.05) is 15.9 Å². The number of oxazole rings is 1. The number of rotatable bonds is 5. The molecule has 0 aliphatic rings. The van der Waals surface area contributed by atoms with E-state index in [1.165, 1.54) is 7.11 Å². The van der Waals surface area contributed by atoms with Crippen molar-refractivity contribution in [3.8, 4) is 0 Å². The molecule has 1 unspecified atom stereocenters. The number of carbonyl (C=O) groups is 1. The molecule has 1 rings (SSSR count). The van der Waals surface area contributed by atoms with E-state index in [4.69, 9.17) is 4.42 Å². The van der Waals surface area contributed by atoms with Gasteiger partial charge in [0.25, 0.3) is 0 Å². The van der Waals surface area contributed by atoms with E-state index in [1.807, 2.05) is 6.92 Å².